The Hall–Kier alpha value is -3.73. The molecule has 0 fully saturated rings. The summed E-state index contributed by atoms with van der Waals surface area (Å²) in [4.78, 5) is 17.3. The average molecular weight is 386 g/mol. The average Bonchev–Trinajstić information content (AvgIpc) is 2.73. The number of carbonyl (C=O) groups is 1. The van der Waals surface area contributed by atoms with Crippen LogP contribution in [-0.2, 0) is 0 Å². The number of hydrogen-bond acceptors (Lipinski definition) is 3. The summed E-state index contributed by atoms with van der Waals surface area (Å²) in [6.07, 6.45) is 0. The van der Waals surface area contributed by atoms with Gasteiger partial charge in [0, 0.05) is 28.3 Å². The number of amides is 1. The van der Waals surface area contributed by atoms with Crippen LogP contribution in [0.2, 0.25) is 0 Å². The smallest absolute Gasteiger partial charge is 0.255 e. The molecule has 1 aromatic heterocycles. The van der Waals surface area contributed by atoms with Crippen LogP contribution in [0.3, 0.4) is 0 Å². The van der Waals surface area contributed by atoms with Crippen LogP contribution in [0.1, 0.15) is 15.9 Å². The standard InChI is InChI=1S/C24H19FN2O2/c1-15-5-3-4-6-19(15)24(28)26-18-11-12-21-20(13-18)23(29-2)14-22(27-21)16-7-9-17(25)10-8-16/h3-14H,1-2H3,(H,26,28). The number of anilines is 1. The van der Waals surface area contributed by atoms with Crippen LogP contribution in [0.5, 0.6) is 5.75 Å². The lowest BCUT2D eigenvalue weighted by Crippen LogP contribution is -2.13. The quantitative estimate of drug-likeness (QED) is 0.496. The highest BCUT2D eigenvalue weighted by Crippen LogP contribution is 2.32. The predicted molar refractivity (Wildman–Crippen MR) is 113 cm³/mol. The molecule has 0 saturated carbocycles. The first-order valence-corrected chi connectivity index (χ1v) is 9.17. The second kappa shape index (κ2) is 7.72. The molecule has 0 aliphatic rings. The van der Waals surface area contributed by atoms with E-state index >= 15 is 0 Å². The molecule has 4 rings (SSSR count). The van der Waals surface area contributed by atoms with E-state index in [1.807, 2.05) is 43.3 Å². The van der Waals surface area contributed by atoms with E-state index < -0.39 is 0 Å². The normalized spacial score (nSPS) is 10.7. The van der Waals surface area contributed by atoms with Crippen molar-refractivity contribution < 1.29 is 13.9 Å². The molecule has 144 valence electrons. The SMILES string of the molecule is COc1cc(-c2ccc(F)cc2)nc2ccc(NC(=O)c3ccccc3C)cc12. The molecule has 0 atom stereocenters. The van der Waals surface area contributed by atoms with E-state index in [4.69, 9.17) is 4.74 Å². The zero-order chi connectivity index (χ0) is 20.4. The number of benzene rings is 3. The van der Waals surface area contributed by atoms with Gasteiger partial charge >= 0.3 is 0 Å². The third-order valence-electron chi connectivity index (χ3n) is 4.78. The van der Waals surface area contributed by atoms with E-state index in [9.17, 15) is 9.18 Å². The van der Waals surface area contributed by atoms with E-state index in [1.165, 1.54) is 12.1 Å². The molecule has 3 aromatic carbocycles. The third kappa shape index (κ3) is 3.80. The largest absolute Gasteiger partial charge is 0.496 e. The van der Waals surface area contributed by atoms with Crippen LogP contribution in [-0.4, -0.2) is 18.0 Å². The molecule has 1 amide bonds. The molecule has 0 aliphatic heterocycles. The Labute approximate surface area is 168 Å². The first kappa shape index (κ1) is 18.6. The van der Waals surface area contributed by atoms with Gasteiger partial charge < -0.3 is 10.1 Å². The van der Waals surface area contributed by atoms with Crippen LogP contribution in [0.15, 0.2) is 72.8 Å². The zero-order valence-corrected chi connectivity index (χ0v) is 16.1. The van der Waals surface area contributed by atoms with Crippen molar-refractivity contribution >= 4 is 22.5 Å². The van der Waals surface area contributed by atoms with E-state index in [-0.39, 0.29) is 11.7 Å². The molecule has 4 aromatic rings. The van der Waals surface area contributed by atoms with Gasteiger partial charge in [-0.15, -0.1) is 0 Å². The fourth-order valence-corrected chi connectivity index (χ4v) is 3.24. The highest BCUT2D eigenvalue weighted by atomic mass is 19.1. The highest BCUT2D eigenvalue weighted by Gasteiger charge is 2.12. The third-order valence-corrected chi connectivity index (χ3v) is 4.78. The summed E-state index contributed by atoms with van der Waals surface area (Å²) in [5.41, 5.74) is 4.39. The van der Waals surface area contributed by atoms with Crippen LogP contribution < -0.4 is 10.1 Å². The number of rotatable bonds is 4. The molecule has 4 nitrogen and oxygen atoms in total. The van der Waals surface area contributed by atoms with E-state index in [1.54, 1.807) is 31.4 Å². The van der Waals surface area contributed by atoms with Crippen molar-refractivity contribution in [1.29, 1.82) is 0 Å². The Kier molecular flexibility index (Phi) is 4.96. The Morgan fingerprint density at radius 3 is 2.48 bits per heavy atom. The zero-order valence-electron chi connectivity index (χ0n) is 16.1. The van der Waals surface area contributed by atoms with Crippen molar-refractivity contribution in [3.63, 3.8) is 0 Å². The summed E-state index contributed by atoms with van der Waals surface area (Å²) in [5.74, 6) is 0.161. The Balaban J connectivity index is 1.70. The molecule has 0 radical (unpaired) electrons. The molecule has 1 N–H and O–H groups in total. The van der Waals surface area contributed by atoms with E-state index in [2.05, 4.69) is 10.3 Å². The van der Waals surface area contributed by atoms with E-state index in [0.717, 1.165) is 22.0 Å². The highest BCUT2D eigenvalue weighted by molar-refractivity contribution is 6.06. The van der Waals surface area contributed by atoms with Crippen LogP contribution in [0.4, 0.5) is 10.1 Å². The second-order valence-corrected chi connectivity index (χ2v) is 6.72. The first-order chi connectivity index (χ1) is 14.0. The molecular weight excluding hydrogens is 367 g/mol. The van der Waals surface area contributed by atoms with Gasteiger partial charge in [-0.25, -0.2) is 9.37 Å². The lowest BCUT2D eigenvalue weighted by Gasteiger charge is -2.12. The summed E-state index contributed by atoms with van der Waals surface area (Å²) in [5, 5.41) is 3.71. The minimum Gasteiger partial charge on any atom is -0.496 e. The van der Waals surface area contributed by atoms with Gasteiger partial charge in [0.1, 0.15) is 11.6 Å². The summed E-state index contributed by atoms with van der Waals surface area (Å²) in [6.45, 7) is 1.90. The number of aryl methyl sites for hydroxylation is 1. The number of carbonyl (C=O) groups excluding carboxylic acids is 1. The number of nitrogens with one attached hydrogen (secondary N) is 1. The number of aromatic nitrogens is 1. The number of halogens is 1. The Morgan fingerprint density at radius 1 is 1.00 bits per heavy atom. The summed E-state index contributed by atoms with van der Waals surface area (Å²) < 4.78 is 18.8. The van der Waals surface area contributed by atoms with Crippen LogP contribution >= 0.6 is 0 Å². The topological polar surface area (TPSA) is 51.2 Å². The van der Waals surface area contributed by atoms with Gasteiger partial charge in [0.15, 0.2) is 0 Å². The lowest BCUT2D eigenvalue weighted by molar-refractivity contribution is 0.102. The van der Waals surface area contributed by atoms with Crippen molar-refractivity contribution in [1.82, 2.24) is 4.98 Å². The summed E-state index contributed by atoms with van der Waals surface area (Å²) in [7, 11) is 1.59. The number of nitrogens with zero attached hydrogens (tertiary/aromatic N) is 1. The minimum absolute atomic E-state index is 0.169. The number of pyridine rings is 1. The maximum absolute atomic E-state index is 13.2. The molecule has 29 heavy (non-hydrogen) atoms. The molecule has 0 spiro atoms. The Morgan fingerprint density at radius 2 is 1.76 bits per heavy atom. The first-order valence-electron chi connectivity index (χ1n) is 9.17. The van der Waals surface area contributed by atoms with E-state index in [0.29, 0.717) is 22.7 Å². The van der Waals surface area contributed by atoms with Gasteiger partial charge in [0.25, 0.3) is 5.91 Å². The molecule has 0 saturated heterocycles. The molecule has 5 heteroatoms. The minimum atomic E-state index is -0.296. The number of hydrogen-bond donors (Lipinski definition) is 1. The van der Waals surface area contributed by atoms with Crippen molar-refractivity contribution in [2.45, 2.75) is 6.92 Å². The second-order valence-electron chi connectivity index (χ2n) is 6.72. The van der Waals surface area contributed by atoms with Crippen molar-refractivity contribution in [3.05, 3.63) is 89.7 Å². The molecule has 1 heterocycles. The molecule has 0 bridgehead atoms. The van der Waals surface area contributed by atoms with Gasteiger partial charge in [-0.05, 0) is 61.0 Å². The molecule has 0 aliphatic carbocycles. The van der Waals surface area contributed by atoms with Crippen molar-refractivity contribution in [2.75, 3.05) is 12.4 Å². The monoisotopic (exact) mass is 386 g/mol. The number of fused-ring (bicyclic) bond motifs is 1. The number of ether oxygens (including phenoxy) is 1. The maximum Gasteiger partial charge on any atom is 0.255 e. The van der Waals surface area contributed by atoms with Gasteiger partial charge in [-0.3, -0.25) is 4.79 Å². The fourth-order valence-electron chi connectivity index (χ4n) is 3.24. The van der Waals surface area contributed by atoms with Gasteiger partial charge in [-0.1, -0.05) is 18.2 Å². The molecule has 0 unspecified atom stereocenters. The predicted octanol–water partition coefficient (Wildman–Crippen LogP) is 5.61. The van der Waals surface area contributed by atoms with Crippen LogP contribution in [0.25, 0.3) is 22.2 Å². The lowest BCUT2D eigenvalue weighted by atomic mass is 10.1. The summed E-state index contributed by atoms with van der Waals surface area (Å²) >= 11 is 0. The summed E-state index contributed by atoms with van der Waals surface area (Å²) in [6, 6.07) is 20.9. The number of methoxy groups -OCH3 is 1. The fraction of sp³-hybridized carbons (Fsp3) is 0.0833. The van der Waals surface area contributed by atoms with Crippen molar-refractivity contribution in [2.24, 2.45) is 0 Å². The van der Waals surface area contributed by atoms with Crippen molar-refractivity contribution in [3.8, 4) is 17.0 Å². The van der Waals surface area contributed by atoms with Gasteiger partial charge in [0.2, 0.25) is 0 Å². The molecular formula is C24H19FN2O2. The van der Waals surface area contributed by atoms with Gasteiger partial charge in [0.05, 0.1) is 18.3 Å². The van der Waals surface area contributed by atoms with Gasteiger partial charge in [-0.2, -0.15) is 0 Å². The maximum atomic E-state index is 13.2. The Bertz CT molecular complexity index is 1200. The van der Waals surface area contributed by atoms with Crippen LogP contribution in [0, 0.1) is 12.7 Å².